The van der Waals surface area contributed by atoms with Crippen LogP contribution in [0.25, 0.3) is 0 Å². The molecule has 0 radical (unpaired) electrons. The maximum atomic E-state index is 10.3. The molecule has 0 heterocycles. The molecule has 0 atom stereocenters. The Bertz CT molecular complexity index is 324. The third kappa shape index (κ3) is 1.82. The molecule has 0 spiro atoms. The Labute approximate surface area is 79.2 Å². The minimum absolute atomic E-state index is 0.0418. The van der Waals surface area contributed by atoms with Crippen molar-refractivity contribution in [1.82, 2.24) is 0 Å². The first-order valence-corrected chi connectivity index (χ1v) is 3.68. The van der Waals surface area contributed by atoms with Gasteiger partial charge in [0.15, 0.2) is 0 Å². The summed E-state index contributed by atoms with van der Waals surface area (Å²) in [5, 5.41) is 35.3. The summed E-state index contributed by atoms with van der Waals surface area (Å²) < 4.78 is 0. The third-order valence-corrected chi connectivity index (χ3v) is 1.58. The molecule has 0 aliphatic rings. The fraction of sp³-hybridized carbons (Fsp3) is 0.125. The first kappa shape index (κ1) is 10.5. The lowest BCUT2D eigenvalue weighted by Gasteiger charge is -2.26. The number of hydrogen-bond acceptors (Lipinski definition) is 5. The van der Waals surface area contributed by atoms with E-state index >= 15 is 0 Å². The van der Waals surface area contributed by atoms with Crippen molar-refractivity contribution in [2.24, 2.45) is 0 Å². The molecule has 0 bridgehead atoms. The number of aliphatic hydroxyl groups is 2. The smallest absolute Gasteiger partial charge is 0.390 e. The van der Waals surface area contributed by atoms with E-state index in [-0.39, 0.29) is 10.8 Å². The molecule has 14 heavy (non-hydrogen) atoms. The molecule has 0 saturated carbocycles. The van der Waals surface area contributed by atoms with E-state index in [0.717, 1.165) is 0 Å². The summed E-state index contributed by atoms with van der Waals surface area (Å²) in [7, 11) is 0. The van der Waals surface area contributed by atoms with Crippen LogP contribution in [0.1, 0.15) is 0 Å². The summed E-state index contributed by atoms with van der Waals surface area (Å²) in [4.78, 5) is 10.3. The van der Waals surface area contributed by atoms with Crippen LogP contribution in [0, 0.1) is 0 Å². The zero-order valence-corrected chi connectivity index (χ0v) is 7.03. The van der Waals surface area contributed by atoms with Gasteiger partial charge in [-0.1, -0.05) is 18.2 Å². The number of rotatable bonds is 3. The van der Waals surface area contributed by atoms with Crippen LogP contribution >= 0.6 is 0 Å². The normalized spacial score (nSPS) is 11.1. The van der Waals surface area contributed by atoms with E-state index in [0.29, 0.717) is 0 Å². The topological polar surface area (TPSA) is 101 Å². The largest absolute Gasteiger partial charge is 0.476 e. The van der Waals surface area contributed by atoms with Crippen LogP contribution in [0.15, 0.2) is 30.3 Å². The molecule has 0 aliphatic carbocycles. The highest BCUT2D eigenvalue weighted by molar-refractivity contribution is 5.78. The van der Waals surface area contributed by atoms with Crippen LogP contribution < -0.4 is 5.06 Å². The number of hydroxylamine groups is 1. The van der Waals surface area contributed by atoms with Crippen molar-refractivity contribution < 1.29 is 25.3 Å². The number of carboxylic acid groups (broad SMARTS) is 1. The molecule has 0 fully saturated rings. The summed E-state index contributed by atoms with van der Waals surface area (Å²) in [5.74, 6) is -5.30. The van der Waals surface area contributed by atoms with Crippen molar-refractivity contribution in [1.29, 1.82) is 0 Å². The molecule has 0 aromatic heterocycles. The summed E-state index contributed by atoms with van der Waals surface area (Å²) in [6.45, 7) is 0. The zero-order chi connectivity index (χ0) is 10.8. The van der Waals surface area contributed by atoms with Gasteiger partial charge in [0.2, 0.25) is 0 Å². The molecule has 6 heteroatoms. The van der Waals surface area contributed by atoms with Crippen LogP contribution in [0.5, 0.6) is 0 Å². The van der Waals surface area contributed by atoms with Gasteiger partial charge < -0.3 is 15.3 Å². The lowest BCUT2D eigenvalue weighted by Crippen LogP contribution is -2.53. The van der Waals surface area contributed by atoms with Gasteiger partial charge in [-0.2, -0.15) is 5.06 Å². The average Bonchev–Trinajstić information content (AvgIpc) is 2.17. The van der Waals surface area contributed by atoms with Gasteiger partial charge in [0.1, 0.15) is 0 Å². The highest BCUT2D eigenvalue weighted by Crippen LogP contribution is 2.17. The van der Waals surface area contributed by atoms with Crippen molar-refractivity contribution in [3.63, 3.8) is 0 Å². The second-order valence-electron chi connectivity index (χ2n) is 2.59. The molecule has 0 amide bonds. The number of carbonyl (C=O) groups is 1. The van der Waals surface area contributed by atoms with Crippen molar-refractivity contribution in [2.45, 2.75) is 5.91 Å². The fourth-order valence-corrected chi connectivity index (χ4v) is 0.840. The Morgan fingerprint density at radius 1 is 1.21 bits per heavy atom. The van der Waals surface area contributed by atoms with Crippen molar-refractivity contribution in [2.75, 3.05) is 5.06 Å². The van der Waals surface area contributed by atoms with Gasteiger partial charge in [0.25, 0.3) is 0 Å². The van der Waals surface area contributed by atoms with E-state index in [1.807, 2.05) is 0 Å². The summed E-state index contributed by atoms with van der Waals surface area (Å²) in [6, 6.07) is 7.30. The molecular weight excluding hydrogens is 190 g/mol. The molecule has 0 aliphatic heterocycles. The Balaban J connectivity index is 2.96. The molecule has 1 aromatic rings. The van der Waals surface area contributed by atoms with E-state index in [2.05, 4.69) is 0 Å². The van der Waals surface area contributed by atoms with Gasteiger partial charge in [0.05, 0.1) is 5.69 Å². The molecule has 0 unspecified atom stereocenters. The molecule has 4 N–H and O–H groups in total. The minimum Gasteiger partial charge on any atom is -0.476 e. The van der Waals surface area contributed by atoms with Crippen molar-refractivity contribution in [3.8, 4) is 0 Å². The number of aliphatic carboxylic acids is 1. The fourth-order valence-electron chi connectivity index (χ4n) is 0.840. The average molecular weight is 199 g/mol. The third-order valence-electron chi connectivity index (χ3n) is 1.58. The molecule has 0 saturated heterocycles. The summed E-state index contributed by atoms with van der Waals surface area (Å²) >= 11 is 0. The van der Waals surface area contributed by atoms with E-state index < -0.39 is 11.9 Å². The van der Waals surface area contributed by atoms with E-state index in [1.54, 1.807) is 6.07 Å². The Kier molecular flexibility index (Phi) is 2.70. The number of para-hydroxylation sites is 1. The Morgan fingerprint density at radius 3 is 2.14 bits per heavy atom. The second-order valence-corrected chi connectivity index (χ2v) is 2.59. The molecule has 76 valence electrons. The maximum absolute atomic E-state index is 10.3. The predicted molar refractivity (Wildman–Crippen MR) is 45.5 cm³/mol. The summed E-state index contributed by atoms with van der Waals surface area (Å²) in [5.41, 5.74) is -0.0418. The van der Waals surface area contributed by atoms with Crippen LogP contribution in [0.3, 0.4) is 0 Å². The first-order chi connectivity index (χ1) is 6.46. The van der Waals surface area contributed by atoms with Gasteiger partial charge in [-0.05, 0) is 12.1 Å². The van der Waals surface area contributed by atoms with Gasteiger partial charge in [-0.15, -0.1) is 0 Å². The van der Waals surface area contributed by atoms with Gasteiger partial charge in [-0.25, -0.2) is 4.79 Å². The predicted octanol–water partition coefficient (Wildman–Crippen LogP) is -0.395. The number of anilines is 1. The highest BCUT2D eigenvalue weighted by atomic mass is 16.7. The lowest BCUT2D eigenvalue weighted by atomic mass is 10.3. The van der Waals surface area contributed by atoms with Crippen LogP contribution in [0.4, 0.5) is 5.69 Å². The lowest BCUT2D eigenvalue weighted by molar-refractivity contribution is -0.222. The molecule has 1 aromatic carbocycles. The van der Waals surface area contributed by atoms with Gasteiger partial charge in [0, 0.05) is 0 Å². The molecular formula is C8H9NO5. The standard InChI is InChI=1S/C8H9NO5/c10-7(11)8(12,13)9(14)6-4-2-1-3-5-6/h1-5,12-14H,(H,10,11). The van der Waals surface area contributed by atoms with Gasteiger partial charge >= 0.3 is 11.9 Å². The summed E-state index contributed by atoms with van der Waals surface area (Å²) in [6.07, 6.45) is 0. The molecule has 6 nitrogen and oxygen atoms in total. The minimum atomic E-state index is -3.33. The zero-order valence-electron chi connectivity index (χ0n) is 7.03. The monoisotopic (exact) mass is 199 g/mol. The first-order valence-electron chi connectivity index (χ1n) is 3.68. The quantitative estimate of drug-likeness (QED) is 0.390. The SMILES string of the molecule is O=C(O)C(O)(O)N(O)c1ccccc1. The highest BCUT2D eigenvalue weighted by Gasteiger charge is 2.40. The van der Waals surface area contributed by atoms with Crippen LogP contribution in [0.2, 0.25) is 0 Å². The number of benzene rings is 1. The van der Waals surface area contributed by atoms with E-state index in [1.165, 1.54) is 24.3 Å². The van der Waals surface area contributed by atoms with Crippen LogP contribution in [-0.4, -0.2) is 32.4 Å². The molecule has 1 rings (SSSR count). The number of hydrogen-bond donors (Lipinski definition) is 4. The van der Waals surface area contributed by atoms with Crippen LogP contribution in [-0.2, 0) is 4.79 Å². The van der Waals surface area contributed by atoms with Crippen molar-refractivity contribution in [3.05, 3.63) is 30.3 Å². The van der Waals surface area contributed by atoms with E-state index in [9.17, 15) is 10.0 Å². The maximum Gasteiger partial charge on any atom is 0.390 e. The number of nitrogens with zero attached hydrogens (tertiary/aromatic N) is 1. The Hall–Kier alpha value is -1.63. The second kappa shape index (κ2) is 3.62. The number of carboxylic acids is 1. The van der Waals surface area contributed by atoms with E-state index in [4.69, 9.17) is 15.3 Å². The van der Waals surface area contributed by atoms with Gasteiger partial charge in [-0.3, -0.25) is 5.21 Å². The Morgan fingerprint density at radius 2 is 1.71 bits per heavy atom. The van der Waals surface area contributed by atoms with Crippen molar-refractivity contribution >= 4 is 11.7 Å².